The second-order valence-electron chi connectivity index (χ2n) is 6.23. The minimum atomic E-state index is 0.305. The molecule has 3 rings (SSSR count). The number of nitrogens with one attached hydrogen (secondary N) is 1. The lowest BCUT2D eigenvalue weighted by molar-refractivity contribution is 0.241. The average Bonchev–Trinajstić information content (AvgIpc) is 2.92. The van der Waals surface area contributed by atoms with Crippen molar-refractivity contribution in [1.82, 2.24) is 10.3 Å². The molecule has 0 bridgehead atoms. The van der Waals surface area contributed by atoms with Crippen LogP contribution >= 0.6 is 0 Å². The molecule has 112 valence electrons. The van der Waals surface area contributed by atoms with E-state index in [0.717, 1.165) is 18.5 Å². The monoisotopic (exact) mass is 284 g/mol. The summed E-state index contributed by atoms with van der Waals surface area (Å²) in [6, 6.07) is 9.15. The van der Waals surface area contributed by atoms with Gasteiger partial charge in [-0.1, -0.05) is 18.1 Å². The van der Waals surface area contributed by atoms with E-state index >= 15 is 0 Å². The van der Waals surface area contributed by atoms with Gasteiger partial charge in [0.1, 0.15) is 0 Å². The Kier molecular flexibility index (Phi) is 4.51. The number of nitrogens with zero attached hydrogens (tertiary/aromatic N) is 1. The van der Waals surface area contributed by atoms with Crippen LogP contribution in [-0.2, 0) is 6.54 Å². The summed E-state index contributed by atoms with van der Waals surface area (Å²) >= 11 is 0. The quantitative estimate of drug-likeness (QED) is 0.886. The number of aromatic nitrogens is 1. The maximum atomic E-state index is 9.14. The summed E-state index contributed by atoms with van der Waals surface area (Å²) in [5.74, 6) is 0.630. The number of rotatable bonds is 5. The number of hydrogen-bond donors (Lipinski definition) is 2. The number of aliphatic hydroxyl groups is 1. The summed E-state index contributed by atoms with van der Waals surface area (Å²) in [5.41, 5.74) is 3.57. The van der Waals surface area contributed by atoms with E-state index < -0.39 is 0 Å². The van der Waals surface area contributed by atoms with E-state index in [4.69, 9.17) is 5.11 Å². The summed E-state index contributed by atoms with van der Waals surface area (Å²) in [4.78, 5) is 4.54. The van der Waals surface area contributed by atoms with Gasteiger partial charge in [-0.25, -0.2) is 0 Å². The van der Waals surface area contributed by atoms with Gasteiger partial charge in [0.15, 0.2) is 0 Å². The Morgan fingerprint density at radius 3 is 3.05 bits per heavy atom. The van der Waals surface area contributed by atoms with Crippen LogP contribution in [0.15, 0.2) is 30.5 Å². The normalized spacial score (nSPS) is 22.0. The summed E-state index contributed by atoms with van der Waals surface area (Å²) in [6.07, 6.45) is 6.64. The Labute approximate surface area is 126 Å². The number of hydrogen-bond acceptors (Lipinski definition) is 3. The molecular weight excluding hydrogens is 260 g/mol. The van der Waals surface area contributed by atoms with Gasteiger partial charge in [0, 0.05) is 30.8 Å². The SMILES string of the molecule is Cc1ccc2ncc(CNC3CCCC3CCO)cc2c1. The highest BCUT2D eigenvalue weighted by atomic mass is 16.3. The second-order valence-corrected chi connectivity index (χ2v) is 6.23. The average molecular weight is 284 g/mol. The van der Waals surface area contributed by atoms with Gasteiger partial charge >= 0.3 is 0 Å². The van der Waals surface area contributed by atoms with Crippen molar-refractivity contribution in [2.24, 2.45) is 5.92 Å². The highest BCUT2D eigenvalue weighted by Crippen LogP contribution is 2.28. The highest BCUT2D eigenvalue weighted by Gasteiger charge is 2.25. The second kappa shape index (κ2) is 6.54. The lowest BCUT2D eigenvalue weighted by atomic mass is 10.00. The van der Waals surface area contributed by atoms with Crippen LogP contribution in [-0.4, -0.2) is 22.7 Å². The van der Waals surface area contributed by atoms with Crippen LogP contribution in [0.5, 0.6) is 0 Å². The summed E-state index contributed by atoms with van der Waals surface area (Å²) in [6.45, 7) is 3.28. The molecule has 0 saturated heterocycles. The molecule has 2 unspecified atom stereocenters. The Bertz CT molecular complexity index is 611. The molecule has 1 heterocycles. The van der Waals surface area contributed by atoms with Crippen molar-refractivity contribution in [3.63, 3.8) is 0 Å². The van der Waals surface area contributed by atoms with Gasteiger partial charge in [-0.15, -0.1) is 0 Å². The lowest BCUT2D eigenvalue weighted by Crippen LogP contribution is -2.32. The zero-order valence-electron chi connectivity index (χ0n) is 12.7. The molecule has 1 fully saturated rings. The smallest absolute Gasteiger partial charge is 0.0702 e. The topological polar surface area (TPSA) is 45.2 Å². The van der Waals surface area contributed by atoms with Gasteiger partial charge in [0.25, 0.3) is 0 Å². The third-order valence-electron chi connectivity index (χ3n) is 4.62. The highest BCUT2D eigenvalue weighted by molar-refractivity contribution is 5.79. The Morgan fingerprint density at radius 1 is 1.29 bits per heavy atom. The van der Waals surface area contributed by atoms with Crippen LogP contribution in [0, 0.1) is 12.8 Å². The van der Waals surface area contributed by atoms with Gasteiger partial charge in [-0.05, 0) is 55.9 Å². The van der Waals surface area contributed by atoms with Gasteiger partial charge in [-0.2, -0.15) is 0 Å². The largest absolute Gasteiger partial charge is 0.396 e. The zero-order chi connectivity index (χ0) is 14.7. The van der Waals surface area contributed by atoms with Gasteiger partial charge in [0.2, 0.25) is 0 Å². The van der Waals surface area contributed by atoms with E-state index in [1.54, 1.807) is 0 Å². The molecule has 0 spiro atoms. The molecule has 3 nitrogen and oxygen atoms in total. The van der Waals surface area contributed by atoms with E-state index in [1.165, 1.54) is 35.8 Å². The number of aryl methyl sites for hydroxylation is 1. The maximum absolute atomic E-state index is 9.14. The molecule has 0 amide bonds. The fourth-order valence-corrected chi connectivity index (χ4v) is 3.46. The van der Waals surface area contributed by atoms with Gasteiger partial charge in [-0.3, -0.25) is 4.98 Å². The summed E-state index contributed by atoms with van der Waals surface area (Å²) in [7, 11) is 0. The standard InChI is InChI=1S/C18H24N2O/c1-13-5-6-18-16(9-13)10-14(12-20-18)11-19-17-4-2-3-15(17)7-8-21/h5-6,9-10,12,15,17,19,21H,2-4,7-8,11H2,1H3. The van der Waals surface area contributed by atoms with Crippen molar-refractivity contribution in [3.8, 4) is 0 Å². The van der Waals surface area contributed by atoms with E-state index in [-0.39, 0.29) is 0 Å². The third-order valence-corrected chi connectivity index (χ3v) is 4.62. The molecule has 2 atom stereocenters. The van der Waals surface area contributed by atoms with E-state index in [2.05, 4.69) is 41.5 Å². The van der Waals surface area contributed by atoms with Crippen LogP contribution in [0.4, 0.5) is 0 Å². The fraction of sp³-hybridized carbons (Fsp3) is 0.500. The Morgan fingerprint density at radius 2 is 2.19 bits per heavy atom. The van der Waals surface area contributed by atoms with Crippen LogP contribution in [0.3, 0.4) is 0 Å². The Hall–Kier alpha value is -1.45. The Balaban J connectivity index is 1.67. The third kappa shape index (κ3) is 3.42. The number of aliphatic hydroxyl groups excluding tert-OH is 1. The molecule has 1 aliphatic rings. The molecule has 0 radical (unpaired) electrons. The van der Waals surface area contributed by atoms with Crippen LogP contribution in [0.25, 0.3) is 10.9 Å². The number of pyridine rings is 1. The maximum Gasteiger partial charge on any atom is 0.0702 e. The molecule has 0 aliphatic heterocycles. The van der Waals surface area contributed by atoms with Crippen molar-refractivity contribution in [2.75, 3.05) is 6.61 Å². The molecule has 21 heavy (non-hydrogen) atoms. The fourth-order valence-electron chi connectivity index (χ4n) is 3.46. The molecule has 1 saturated carbocycles. The van der Waals surface area contributed by atoms with Crippen LogP contribution in [0.1, 0.15) is 36.8 Å². The minimum absolute atomic E-state index is 0.305. The zero-order valence-corrected chi connectivity index (χ0v) is 12.7. The summed E-state index contributed by atoms with van der Waals surface area (Å²) < 4.78 is 0. The molecule has 2 aromatic rings. The molecule has 1 aromatic heterocycles. The van der Waals surface area contributed by atoms with Gasteiger partial charge in [0.05, 0.1) is 5.52 Å². The minimum Gasteiger partial charge on any atom is -0.396 e. The molecule has 1 aromatic carbocycles. The van der Waals surface area contributed by atoms with Crippen LogP contribution < -0.4 is 5.32 Å². The lowest BCUT2D eigenvalue weighted by Gasteiger charge is -2.20. The van der Waals surface area contributed by atoms with E-state index in [9.17, 15) is 0 Å². The molecule has 2 N–H and O–H groups in total. The predicted octanol–water partition coefficient (Wildman–Crippen LogP) is 3.18. The summed E-state index contributed by atoms with van der Waals surface area (Å²) in [5, 5.41) is 14.0. The predicted molar refractivity (Wildman–Crippen MR) is 86.2 cm³/mol. The molecule has 3 heteroatoms. The first-order valence-electron chi connectivity index (χ1n) is 7.96. The first-order valence-corrected chi connectivity index (χ1v) is 7.96. The number of fused-ring (bicyclic) bond motifs is 1. The number of benzene rings is 1. The molecule has 1 aliphatic carbocycles. The van der Waals surface area contributed by atoms with Crippen molar-refractivity contribution in [3.05, 3.63) is 41.6 Å². The van der Waals surface area contributed by atoms with E-state index in [1.807, 2.05) is 6.20 Å². The first-order chi connectivity index (χ1) is 10.3. The van der Waals surface area contributed by atoms with Crippen molar-refractivity contribution in [2.45, 2.75) is 45.2 Å². The van der Waals surface area contributed by atoms with Crippen molar-refractivity contribution in [1.29, 1.82) is 0 Å². The van der Waals surface area contributed by atoms with E-state index in [0.29, 0.717) is 18.6 Å². The van der Waals surface area contributed by atoms with Gasteiger partial charge < -0.3 is 10.4 Å². The molecular formula is C18H24N2O. The van der Waals surface area contributed by atoms with Crippen molar-refractivity contribution < 1.29 is 5.11 Å². The van der Waals surface area contributed by atoms with Crippen LogP contribution in [0.2, 0.25) is 0 Å². The van der Waals surface area contributed by atoms with Crippen molar-refractivity contribution >= 4 is 10.9 Å². The first kappa shape index (κ1) is 14.5.